The lowest BCUT2D eigenvalue weighted by atomic mass is 10.1. The molecule has 0 radical (unpaired) electrons. The van der Waals surface area contributed by atoms with Gasteiger partial charge in [0.15, 0.2) is 0 Å². The van der Waals surface area contributed by atoms with Gasteiger partial charge < -0.3 is 10.6 Å². The van der Waals surface area contributed by atoms with Crippen LogP contribution >= 0.6 is 0 Å². The molecular formula is C12H19N3O2S. The lowest BCUT2D eigenvalue weighted by Crippen LogP contribution is -2.40. The van der Waals surface area contributed by atoms with E-state index in [0.717, 1.165) is 12.8 Å². The number of hydrogen-bond acceptors (Lipinski definition) is 4. The number of hydrogen-bond donors (Lipinski definition) is 2. The highest BCUT2D eigenvalue weighted by Gasteiger charge is 2.34. The predicted octanol–water partition coefficient (Wildman–Crippen LogP) is 0.507. The Bertz CT molecular complexity index is 526. The largest absolute Gasteiger partial charge is 0.369 e. The average Bonchev–Trinajstić information content (AvgIpc) is 3.13. The molecule has 5 nitrogen and oxygen atoms in total. The summed E-state index contributed by atoms with van der Waals surface area (Å²) in [6.45, 7) is 0.514. The zero-order valence-electron chi connectivity index (χ0n) is 10.4. The molecule has 1 aromatic rings. The molecule has 0 amide bonds. The molecule has 0 heterocycles. The zero-order valence-corrected chi connectivity index (χ0v) is 11.2. The Morgan fingerprint density at radius 2 is 2.00 bits per heavy atom. The van der Waals surface area contributed by atoms with Gasteiger partial charge in [0.2, 0.25) is 10.0 Å². The van der Waals surface area contributed by atoms with Gasteiger partial charge in [0.1, 0.15) is 4.90 Å². The Balaban J connectivity index is 2.38. The highest BCUT2D eigenvalue weighted by atomic mass is 32.2. The van der Waals surface area contributed by atoms with E-state index < -0.39 is 10.0 Å². The van der Waals surface area contributed by atoms with Gasteiger partial charge in [-0.25, -0.2) is 13.6 Å². The Morgan fingerprint density at radius 1 is 1.39 bits per heavy atom. The number of benzene rings is 1. The summed E-state index contributed by atoms with van der Waals surface area (Å²) in [5, 5.41) is 5.24. The zero-order chi connectivity index (χ0) is 13.3. The third-order valence-corrected chi connectivity index (χ3v) is 4.42. The van der Waals surface area contributed by atoms with E-state index in [9.17, 15) is 8.42 Å². The van der Waals surface area contributed by atoms with Crippen LogP contribution < -0.4 is 15.8 Å². The van der Waals surface area contributed by atoms with Crippen molar-refractivity contribution in [1.29, 1.82) is 0 Å². The Morgan fingerprint density at radius 3 is 2.50 bits per heavy atom. The molecule has 4 N–H and O–H groups in total. The number of nitrogens with zero attached hydrogens (tertiary/aromatic N) is 1. The number of likely N-dealkylation sites (N-methyl/N-ethyl adjacent to an activating group) is 1. The maximum Gasteiger partial charge on any atom is 0.240 e. The van der Waals surface area contributed by atoms with Crippen LogP contribution in [0, 0.1) is 5.92 Å². The normalized spacial score (nSPS) is 17.5. The van der Waals surface area contributed by atoms with Crippen LogP contribution in [0.15, 0.2) is 29.2 Å². The van der Waals surface area contributed by atoms with E-state index in [-0.39, 0.29) is 10.9 Å². The lowest BCUT2D eigenvalue weighted by Gasteiger charge is -2.30. The molecule has 0 saturated heterocycles. The van der Waals surface area contributed by atoms with E-state index in [1.807, 2.05) is 11.9 Å². The summed E-state index contributed by atoms with van der Waals surface area (Å²) in [6, 6.07) is 6.95. The van der Waals surface area contributed by atoms with Gasteiger partial charge in [-0.3, -0.25) is 0 Å². The van der Waals surface area contributed by atoms with Gasteiger partial charge in [0, 0.05) is 19.6 Å². The quantitative estimate of drug-likeness (QED) is 0.815. The van der Waals surface area contributed by atoms with Crippen LogP contribution in [-0.4, -0.2) is 28.1 Å². The molecule has 0 aromatic heterocycles. The lowest BCUT2D eigenvalue weighted by molar-refractivity contribution is 0.565. The van der Waals surface area contributed by atoms with Gasteiger partial charge in [0.05, 0.1) is 5.69 Å². The Kier molecular flexibility index (Phi) is 3.61. The first-order chi connectivity index (χ1) is 8.45. The molecule has 0 aliphatic heterocycles. The molecule has 1 aromatic carbocycles. The van der Waals surface area contributed by atoms with Crippen molar-refractivity contribution < 1.29 is 8.42 Å². The summed E-state index contributed by atoms with van der Waals surface area (Å²) >= 11 is 0. The fourth-order valence-corrected chi connectivity index (χ4v) is 3.09. The Labute approximate surface area is 108 Å². The Hall–Kier alpha value is -1.11. The van der Waals surface area contributed by atoms with E-state index in [1.165, 1.54) is 6.07 Å². The highest BCUT2D eigenvalue weighted by Crippen LogP contribution is 2.37. The van der Waals surface area contributed by atoms with E-state index in [4.69, 9.17) is 10.9 Å². The van der Waals surface area contributed by atoms with Crippen molar-refractivity contribution in [3.8, 4) is 0 Å². The molecule has 100 valence electrons. The van der Waals surface area contributed by atoms with Crippen molar-refractivity contribution in [3.05, 3.63) is 24.3 Å². The summed E-state index contributed by atoms with van der Waals surface area (Å²) < 4.78 is 23.1. The minimum Gasteiger partial charge on any atom is -0.369 e. The second kappa shape index (κ2) is 4.87. The van der Waals surface area contributed by atoms with Crippen LogP contribution in [0.25, 0.3) is 0 Å². The second-order valence-corrected chi connectivity index (χ2v) is 6.29. The van der Waals surface area contributed by atoms with Crippen molar-refractivity contribution in [1.82, 2.24) is 0 Å². The van der Waals surface area contributed by atoms with Crippen LogP contribution in [0.1, 0.15) is 12.8 Å². The molecular weight excluding hydrogens is 250 g/mol. The summed E-state index contributed by atoms with van der Waals surface area (Å²) in [7, 11) is -1.83. The fraction of sp³-hybridized carbons (Fsp3) is 0.500. The average molecular weight is 269 g/mol. The molecule has 0 bridgehead atoms. The standard InChI is InChI=1S/C12H19N3O2S/c1-15(11(8-13)9-6-7-9)10-4-2-3-5-12(10)18(14,16)17/h2-5,9,11H,6-8,13H2,1H3,(H2,14,16,17). The van der Waals surface area contributed by atoms with Gasteiger partial charge in [0.25, 0.3) is 0 Å². The topological polar surface area (TPSA) is 89.4 Å². The first kappa shape index (κ1) is 13.3. The maximum absolute atomic E-state index is 11.6. The number of anilines is 1. The fourth-order valence-electron chi connectivity index (χ4n) is 2.32. The maximum atomic E-state index is 11.6. The number of para-hydroxylation sites is 1. The van der Waals surface area contributed by atoms with Gasteiger partial charge in [-0.2, -0.15) is 0 Å². The van der Waals surface area contributed by atoms with E-state index in [0.29, 0.717) is 18.2 Å². The van der Waals surface area contributed by atoms with E-state index in [1.54, 1.807) is 18.2 Å². The van der Waals surface area contributed by atoms with Crippen LogP contribution in [0.2, 0.25) is 0 Å². The van der Waals surface area contributed by atoms with E-state index >= 15 is 0 Å². The smallest absolute Gasteiger partial charge is 0.240 e. The number of rotatable bonds is 5. The summed E-state index contributed by atoms with van der Waals surface area (Å²) in [5.74, 6) is 0.563. The van der Waals surface area contributed by atoms with Crippen molar-refractivity contribution >= 4 is 15.7 Å². The van der Waals surface area contributed by atoms with Gasteiger partial charge >= 0.3 is 0 Å². The van der Waals surface area contributed by atoms with Crippen molar-refractivity contribution in [2.45, 2.75) is 23.8 Å². The van der Waals surface area contributed by atoms with Gasteiger partial charge in [-0.1, -0.05) is 12.1 Å². The first-order valence-corrected chi connectivity index (χ1v) is 7.54. The van der Waals surface area contributed by atoms with Crippen LogP contribution in [0.5, 0.6) is 0 Å². The minimum absolute atomic E-state index is 0.159. The summed E-state index contributed by atoms with van der Waals surface area (Å²) in [6.07, 6.45) is 2.31. The summed E-state index contributed by atoms with van der Waals surface area (Å²) in [4.78, 5) is 2.10. The molecule has 2 rings (SSSR count). The van der Waals surface area contributed by atoms with Crippen LogP contribution in [0.3, 0.4) is 0 Å². The van der Waals surface area contributed by atoms with Gasteiger partial charge in [-0.15, -0.1) is 0 Å². The van der Waals surface area contributed by atoms with Crippen molar-refractivity contribution in [3.63, 3.8) is 0 Å². The van der Waals surface area contributed by atoms with E-state index in [2.05, 4.69) is 0 Å². The monoisotopic (exact) mass is 269 g/mol. The molecule has 1 fully saturated rings. The highest BCUT2D eigenvalue weighted by molar-refractivity contribution is 7.89. The number of sulfonamides is 1. The second-order valence-electron chi connectivity index (χ2n) is 4.76. The van der Waals surface area contributed by atoms with Crippen LogP contribution in [0.4, 0.5) is 5.69 Å². The van der Waals surface area contributed by atoms with Crippen LogP contribution in [-0.2, 0) is 10.0 Å². The molecule has 1 aliphatic rings. The molecule has 1 atom stereocenters. The predicted molar refractivity (Wildman–Crippen MR) is 71.8 cm³/mol. The molecule has 6 heteroatoms. The number of primary sulfonamides is 1. The van der Waals surface area contributed by atoms with Crippen molar-refractivity contribution in [2.75, 3.05) is 18.5 Å². The molecule has 1 aliphatic carbocycles. The third-order valence-electron chi connectivity index (χ3n) is 3.46. The minimum atomic E-state index is -3.71. The van der Waals surface area contributed by atoms with Crippen molar-refractivity contribution in [2.24, 2.45) is 16.8 Å². The number of nitrogens with two attached hydrogens (primary N) is 2. The summed E-state index contributed by atoms with van der Waals surface area (Å²) in [5.41, 5.74) is 6.42. The molecule has 0 spiro atoms. The molecule has 1 unspecified atom stereocenters. The molecule has 1 saturated carbocycles. The van der Waals surface area contributed by atoms with Gasteiger partial charge in [-0.05, 0) is 30.9 Å². The SMILES string of the molecule is CN(c1ccccc1S(N)(=O)=O)C(CN)C1CC1. The molecule has 18 heavy (non-hydrogen) atoms. The first-order valence-electron chi connectivity index (χ1n) is 6.00. The third kappa shape index (κ3) is 2.66.